The largest absolute Gasteiger partial charge is 0.497 e. The molecule has 33 heavy (non-hydrogen) atoms. The van der Waals surface area contributed by atoms with Crippen LogP contribution in [0.1, 0.15) is 59.1 Å². The van der Waals surface area contributed by atoms with Crippen molar-refractivity contribution in [1.82, 2.24) is 10.2 Å². The number of rotatable bonds is 10. The summed E-state index contributed by atoms with van der Waals surface area (Å²) in [6.07, 6.45) is 0.817. The van der Waals surface area contributed by atoms with Crippen molar-refractivity contribution in [3.05, 3.63) is 59.7 Å². The van der Waals surface area contributed by atoms with E-state index in [2.05, 4.69) is 26.1 Å². The first kappa shape index (κ1) is 26.2. The topological polar surface area (TPSA) is 67.9 Å². The van der Waals surface area contributed by atoms with Crippen molar-refractivity contribution >= 4 is 11.8 Å². The minimum atomic E-state index is -0.643. The first-order valence-corrected chi connectivity index (χ1v) is 11.5. The molecule has 0 saturated heterocycles. The molecule has 1 N–H and O–H groups in total. The van der Waals surface area contributed by atoms with Crippen molar-refractivity contribution < 1.29 is 19.1 Å². The van der Waals surface area contributed by atoms with Crippen molar-refractivity contribution in [1.29, 1.82) is 0 Å². The highest BCUT2D eigenvalue weighted by Crippen LogP contribution is 2.31. The normalized spacial score (nSPS) is 13.1. The summed E-state index contributed by atoms with van der Waals surface area (Å²) in [6.45, 7) is 12.2. The number of benzene rings is 2. The molecule has 0 heterocycles. The van der Waals surface area contributed by atoms with Crippen LogP contribution >= 0.6 is 0 Å². The molecule has 0 spiro atoms. The number of methoxy groups -OCH3 is 1. The van der Waals surface area contributed by atoms with Crippen LogP contribution in [0.3, 0.4) is 0 Å². The van der Waals surface area contributed by atoms with Crippen molar-refractivity contribution in [2.45, 2.75) is 72.0 Å². The van der Waals surface area contributed by atoms with Crippen LogP contribution in [0, 0.1) is 0 Å². The number of para-hydroxylation sites is 1. The van der Waals surface area contributed by atoms with Gasteiger partial charge in [0.1, 0.15) is 17.5 Å². The number of ether oxygens (including phenoxy) is 2. The first-order valence-electron chi connectivity index (χ1n) is 11.5. The van der Waals surface area contributed by atoms with Gasteiger partial charge in [0.05, 0.1) is 7.11 Å². The Morgan fingerprint density at radius 1 is 1.03 bits per heavy atom. The molecule has 6 heteroatoms. The molecule has 2 amide bonds. The number of nitrogens with one attached hydrogen (secondary N) is 1. The molecule has 0 saturated carbocycles. The maximum Gasteiger partial charge on any atom is 0.261 e. The number of carbonyl (C=O) groups is 2. The zero-order chi connectivity index (χ0) is 24.6. The molecule has 0 aromatic heterocycles. The van der Waals surface area contributed by atoms with Crippen molar-refractivity contribution in [2.75, 3.05) is 13.7 Å². The second kappa shape index (κ2) is 11.7. The zero-order valence-corrected chi connectivity index (χ0v) is 21.0. The molecule has 2 aromatic carbocycles. The monoisotopic (exact) mass is 454 g/mol. The predicted octanol–water partition coefficient (Wildman–Crippen LogP) is 4.70. The van der Waals surface area contributed by atoms with E-state index in [-0.39, 0.29) is 29.9 Å². The Hall–Kier alpha value is -3.02. The van der Waals surface area contributed by atoms with Gasteiger partial charge < -0.3 is 19.7 Å². The highest BCUT2D eigenvalue weighted by Gasteiger charge is 2.28. The van der Waals surface area contributed by atoms with Gasteiger partial charge in [-0.15, -0.1) is 0 Å². The molecular formula is C27H38N2O4. The van der Waals surface area contributed by atoms with E-state index in [0.29, 0.717) is 12.3 Å². The van der Waals surface area contributed by atoms with Gasteiger partial charge in [-0.3, -0.25) is 9.59 Å². The fourth-order valence-corrected chi connectivity index (χ4v) is 3.41. The molecule has 0 fully saturated rings. The van der Waals surface area contributed by atoms with Crippen LogP contribution in [0.15, 0.2) is 48.5 Å². The lowest BCUT2D eigenvalue weighted by Crippen LogP contribution is -2.50. The van der Waals surface area contributed by atoms with Crippen LogP contribution in [0.4, 0.5) is 0 Å². The maximum absolute atomic E-state index is 13.3. The van der Waals surface area contributed by atoms with Crippen LogP contribution < -0.4 is 14.8 Å². The van der Waals surface area contributed by atoms with Crippen LogP contribution in [0.5, 0.6) is 11.5 Å². The Kier molecular flexibility index (Phi) is 9.32. The average Bonchev–Trinajstić information content (AvgIpc) is 2.80. The number of hydrogen-bond donors (Lipinski definition) is 1. The van der Waals surface area contributed by atoms with Crippen molar-refractivity contribution in [3.8, 4) is 11.5 Å². The predicted molar refractivity (Wildman–Crippen MR) is 132 cm³/mol. The summed E-state index contributed by atoms with van der Waals surface area (Å²) in [5, 5.41) is 2.98. The molecule has 0 aliphatic rings. The third-order valence-corrected chi connectivity index (χ3v) is 5.73. The van der Waals surface area contributed by atoms with Crippen molar-refractivity contribution in [2.24, 2.45) is 0 Å². The fraction of sp³-hybridized carbons (Fsp3) is 0.481. The zero-order valence-electron chi connectivity index (χ0n) is 21.0. The average molecular weight is 455 g/mol. The van der Waals surface area contributed by atoms with E-state index in [1.54, 1.807) is 18.9 Å². The highest BCUT2D eigenvalue weighted by molar-refractivity contribution is 5.88. The van der Waals surface area contributed by atoms with E-state index < -0.39 is 6.04 Å². The minimum Gasteiger partial charge on any atom is -0.497 e. The minimum absolute atomic E-state index is 0.0350. The Bertz CT molecular complexity index is 918. The molecule has 0 aliphatic heterocycles. The lowest BCUT2D eigenvalue weighted by molar-refractivity contribution is -0.142. The molecule has 2 rings (SSSR count). The fourth-order valence-electron chi connectivity index (χ4n) is 3.41. The molecule has 0 radical (unpaired) electrons. The summed E-state index contributed by atoms with van der Waals surface area (Å²) in [5.74, 6) is 0.989. The third kappa shape index (κ3) is 7.52. The quantitative estimate of drug-likeness (QED) is 0.565. The summed E-state index contributed by atoms with van der Waals surface area (Å²) < 4.78 is 11.2. The summed E-state index contributed by atoms with van der Waals surface area (Å²) in [4.78, 5) is 27.7. The smallest absolute Gasteiger partial charge is 0.261 e. The summed E-state index contributed by atoms with van der Waals surface area (Å²) in [6, 6.07) is 14.6. The lowest BCUT2D eigenvalue weighted by atomic mass is 9.86. The number of nitrogens with zero attached hydrogens (tertiary/aromatic N) is 1. The molecule has 0 bridgehead atoms. The molecule has 0 aliphatic carbocycles. The molecular weight excluding hydrogens is 416 g/mol. The Balaban J connectivity index is 2.22. The van der Waals surface area contributed by atoms with E-state index in [4.69, 9.17) is 9.47 Å². The standard InChI is InChI=1S/C27H38N2O4/c1-8-19(2)28-26(31)20(3)29(17-21-13-15-22(32-7)16-14-21)25(30)18-33-24-12-10-9-11-23(24)27(4,5)6/h9-16,19-20H,8,17-18H2,1-7H3,(H,28,31)/t19-,20-/m1/s1. The van der Waals surface area contributed by atoms with Gasteiger partial charge in [0, 0.05) is 12.6 Å². The second-order valence-corrected chi connectivity index (χ2v) is 9.40. The van der Waals surface area contributed by atoms with Crippen molar-refractivity contribution in [3.63, 3.8) is 0 Å². The Morgan fingerprint density at radius 2 is 1.67 bits per heavy atom. The van der Waals surface area contributed by atoms with Gasteiger partial charge in [0.2, 0.25) is 5.91 Å². The van der Waals surface area contributed by atoms with E-state index in [1.165, 1.54) is 0 Å². The van der Waals surface area contributed by atoms with Crippen LogP contribution in [0.2, 0.25) is 0 Å². The van der Waals surface area contributed by atoms with Gasteiger partial charge >= 0.3 is 0 Å². The van der Waals surface area contributed by atoms with Gasteiger partial charge in [0.25, 0.3) is 5.91 Å². The van der Waals surface area contributed by atoms with E-state index in [1.807, 2.05) is 62.4 Å². The molecule has 6 nitrogen and oxygen atoms in total. The summed E-state index contributed by atoms with van der Waals surface area (Å²) in [5.41, 5.74) is 1.82. The Morgan fingerprint density at radius 3 is 2.24 bits per heavy atom. The summed E-state index contributed by atoms with van der Waals surface area (Å²) >= 11 is 0. The SMILES string of the molecule is CC[C@@H](C)NC(=O)[C@@H](C)N(Cc1ccc(OC)cc1)C(=O)COc1ccccc1C(C)(C)C. The van der Waals surface area contributed by atoms with E-state index in [9.17, 15) is 9.59 Å². The van der Waals surface area contributed by atoms with Gasteiger partial charge in [0.15, 0.2) is 6.61 Å². The van der Waals surface area contributed by atoms with Crippen LogP contribution in [-0.4, -0.2) is 42.5 Å². The van der Waals surface area contributed by atoms with Crippen LogP contribution in [-0.2, 0) is 21.5 Å². The highest BCUT2D eigenvalue weighted by atomic mass is 16.5. The number of carbonyl (C=O) groups excluding carboxylic acids is 2. The second-order valence-electron chi connectivity index (χ2n) is 9.40. The van der Waals surface area contributed by atoms with Crippen LogP contribution in [0.25, 0.3) is 0 Å². The lowest BCUT2D eigenvalue weighted by Gasteiger charge is -2.30. The molecule has 2 atom stereocenters. The first-order chi connectivity index (χ1) is 15.6. The van der Waals surface area contributed by atoms with Gasteiger partial charge in [-0.1, -0.05) is 58.0 Å². The summed E-state index contributed by atoms with van der Waals surface area (Å²) in [7, 11) is 1.61. The molecule has 0 unspecified atom stereocenters. The van der Waals surface area contributed by atoms with E-state index in [0.717, 1.165) is 23.3 Å². The Labute approximate surface area is 198 Å². The molecule has 180 valence electrons. The third-order valence-electron chi connectivity index (χ3n) is 5.73. The van der Waals surface area contributed by atoms with Gasteiger partial charge in [-0.25, -0.2) is 0 Å². The van der Waals surface area contributed by atoms with Gasteiger partial charge in [-0.2, -0.15) is 0 Å². The maximum atomic E-state index is 13.3. The number of amides is 2. The molecule has 2 aromatic rings. The number of hydrogen-bond acceptors (Lipinski definition) is 4. The van der Waals surface area contributed by atoms with Gasteiger partial charge in [-0.05, 0) is 55.0 Å². The van der Waals surface area contributed by atoms with E-state index >= 15 is 0 Å².